The molecule has 0 bridgehead atoms. The lowest BCUT2D eigenvalue weighted by Crippen LogP contribution is -2.47. The van der Waals surface area contributed by atoms with Crippen LogP contribution in [0.4, 0.5) is 0 Å². The third-order valence-corrected chi connectivity index (χ3v) is 4.98. The zero-order valence-electron chi connectivity index (χ0n) is 17.6. The fraction of sp³-hybridized carbons (Fsp3) is 0.435. The Morgan fingerprint density at radius 3 is 2.52 bits per heavy atom. The Kier molecular flexibility index (Phi) is 7.61. The van der Waals surface area contributed by atoms with Gasteiger partial charge in [-0.05, 0) is 36.8 Å². The standard InChI is InChI=1S/C23H31N3O3/c1-4-28-22-16-18(10-11-21(22)27-3)17-25-23(24-2)26-14-12-20(13-15-26)29-19-8-6-5-7-9-19/h5-11,16,20H,4,12-15,17H2,1-3H3,(H,24,25). The van der Waals surface area contributed by atoms with Crippen molar-refractivity contribution in [3.05, 3.63) is 54.1 Å². The zero-order valence-corrected chi connectivity index (χ0v) is 17.6. The van der Waals surface area contributed by atoms with Gasteiger partial charge >= 0.3 is 0 Å². The maximum absolute atomic E-state index is 6.09. The molecule has 0 spiro atoms. The van der Waals surface area contributed by atoms with Crippen LogP contribution in [0.2, 0.25) is 0 Å². The number of rotatable bonds is 7. The highest BCUT2D eigenvalue weighted by molar-refractivity contribution is 5.80. The minimum absolute atomic E-state index is 0.252. The van der Waals surface area contributed by atoms with Crippen LogP contribution in [0.3, 0.4) is 0 Å². The fourth-order valence-electron chi connectivity index (χ4n) is 3.49. The molecule has 6 nitrogen and oxygen atoms in total. The monoisotopic (exact) mass is 397 g/mol. The Labute approximate surface area is 173 Å². The van der Waals surface area contributed by atoms with Gasteiger partial charge in [0, 0.05) is 39.5 Å². The molecule has 1 aliphatic rings. The number of nitrogens with one attached hydrogen (secondary N) is 1. The van der Waals surface area contributed by atoms with Crippen LogP contribution in [-0.4, -0.2) is 50.8 Å². The molecular weight excluding hydrogens is 366 g/mol. The van der Waals surface area contributed by atoms with E-state index in [-0.39, 0.29) is 6.10 Å². The molecule has 0 aromatic heterocycles. The van der Waals surface area contributed by atoms with Crippen LogP contribution in [0.15, 0.2) is 53.5 Å². The first kappa shape index (κ1) is 20.8. The molecule has 1 N–H and O–H groups in total. The summed E-state index contributed by atoms with van der Waals surface area (Å²) in [5.41, 5.74) is 1.12. The molecule has 0 unspecified atom stereocenters. The summed E-state index contributed by atoms with van der Waals surface area (Å²) in [5.74, 6) is 3.37. The van der Waals surface area contributed by atoms with E-state index in [1.165, 1.54) is 0 Å². The van der Waals surface area contributed by atoms with E-state index in [9.17, 15) is 0 Å². The quantitative estimate of drug-likeness (QED) is 0.570. The largest absolute Gasteiger partial charge is 0.493 e. The predicted molar refractivity (Wildman–Crippen MR) is 116 cm³/mol. The van der Waals surface area contributed by atoms with Crippen LogP contribution in [0.25, 0.3) is 0 Å². The molecule has 0 aliphatic carbocycles. The first-order chi connectivity index (χ1) is 14.2. The number of hydrogen-bond donors (Lipinski definition) is 1. The molecule has 0 atom stereocenters. The van der Waals surface area contributed by atoms with E-state index < -0.39 is 0 Å². The lowest BCUT2D eigenvalue weighted by Gasteiger charge is -2.34. The maximum atomic E-state index is 6.09. The summed E-state index contributed by atoms with van der Waals surface area (Å²) in [7, 11) is 3.48. The topological polar surface area (TPSA) is 55.3 Å². The van der Waals surface area contributed by atoms with E-state index in [0.717, 1.165) is 54.7 Å². The molecule has 1 aliphatic heterocycles. The Hall–Kier alpha value is -2.89. The number of nitrogens with zero attached hydrogens (tertiary/aromatic N) is 2. The summed E-state index contributed by atoms with van der Waals surface area (Å²) in [4.78, 5) is 6.75. The number of likely N-dealkylation sites (tertiary alicyclic amines) is 1. The summed E-state index contributed by atoms with van der Waals surface area (Å²) in [5, 5.41) is 3.47. The Bertz CT molecular complexity index is 787. The summed E-state index contributed by atoms with van der Waals surface area (Å²) in [6.07, 6.45) is 2.21. The molecule has 2 aromatic carbocycles. The second-order valence-corrected chi connectivity index (χ2v) is 6.94. The van der Waals surface area contributed by atoms with Crippen LogP contribution in [0, 0.1) is 0 Å². The van der Waals surface area contributed by atoms with Crippen molar-refractivity contribution in [3.8, 4) is 17.2 Å². The van der Waals surface area contributed by atoms with Crippen molar-refractivity contribution in [1.29, 1.82) is 0 Å². The highest BCUT2D eigenvalue weighted by Gasteiger charge is 2.22. The molecule has 0 amide bonds. The normalized spacial score (nSPS) is 15.1. The average Bonchev–Trinajstić information content (AvgIpc) is 2.76. The number of benzene rings is 2. The third kappa shape index (κ3) is 5.79. The van der Waals surface area contributed by atoms with Crippen molar-refractivity contribution in [1.82, 2.24) is 10.2 Å². The van der Waals surface area contributed by atoms with Crippen LogP contribution in [-0.2, 0) is 6.54 Å². The Balaban J connectivity index is 1.51. The zero-order chi connectivity index (χ0) is 20.5. The number of guanidine groups is 1. The Morgan fingerprint density at radius 2 is 1.86 bits per heavy atom. The van der Waals surface area contributed by atoms with Gasteiger partial charge in [0.15, 0.2) is 17.5 Å². The second-order valence-electron chi connectivity index (χ2n) is 6.94. The molecule has 3 rings (SSSR count). The molecule has 29 heavy (non-hydrogen) atoms. The number of para-hydroxylation sites is 1. The molecule has 156 valence electrons. The highest BCUT2D eigenvalue weighted by atomic mass is 16.5. The van der Waals surface area contributed by atoms with Crippen molar-refractivity contribution in [2.24, 2.45) is 4.99 Å². The van der Waals surface area contributed by atoms with Gasteiger partial charge in [-0.25, -0.2) is 0 Å². The van der Waals surface area contributed by atoms with E-state index in [1.54, 1.807) is 7.11 Å². The van der Waals surface area contributed by atoms with Crippen molar-refractivity contribution >= 4 is 5.96 Å². The summed E-state index contributed by atoms with van der Waals surface area (Å²) in [6, 6.07) is 16.0. The van der Waals surface area contributed by atoms with E-state index in [1.807, 2.05) is 62.5 Å². The van der Waals surface area contributed by atoms with Crippen LogP contribution in [0.5, 0.6) is 17.2 Å². The number of ether oxygens (including phenoxy) is 3. The summed E-state index contributed by atoms with van der Waals surface area (Å²) in [6.45, 7) is 5.09. The first-order valence-corrected chi connectivity index (χ1v) is 10.2. The van der Waals surface area contributed by atoms with Gasteiger partial charge in [-0.2, -0.15) is 0 Å². The predicted octanol–water partition coefficient (Wildman–Crippen LogP) is 3.71. The second kappa shape index (κ2) is 10.6. The molecule has 1 heterocycles. The molecule has 2 aromatic rings. The van der Waals surface area contributed by atoms with Crippen LogP contribution >= 0.6 is 0 Å². The van der Waals surface area contributed by atoms with Gasteiger partial charge in [0.2, 0.25) is 0 Å². The van der Waals surface area contributed by atoms with E-state index in [2.05, 4.69) is 15.2 Å². The molecule has 1 saturated heterocycles. The van der Waals surface area contributed by atoms with Gasteiger partial charge in [-0.15, -0.1) is 0 Å². The highest BCUT2D eigenvalue weighted by Crippen LogP contribution is 2.28. The molecule has 1 fully saturated rings. The average molecular weight is 398 g/mol. The first-order valence-electron chi connectivity index (χ1n) is 10.2. The minimum Gasteiger partial charge on any atom is -0.493 e. The number of hydrogen-bond acceptors (Lipinski definition) is 4. The van der Waals surface area contributed by atoms with Crippen molar-refractivity contribution in [2.45, 2.75) is 32.4 Å². The van der Waals surface area contributed by atoms with Crippen LogP contribution < -0.4 is 19.5 Å². The maximum Gasteiger partial charge on any atom is 0.193 e. The van der Waals surface area contributed by atoms with Gasteiger partial charge in [0.25, 0.3) is 0 Å². The van der Waals surface area contributed by atoms with Crippen molar-refractivity contribution < 1.29 is 14.2 Å². The third-order valence-electron chi connectivity index (χ3n) is 4.98. The molecule has 6 heteroatoms. The lowest BCUT2D eigenvalue weighted by molar-refractivity contribution is 0.129. The molecule has 0 radical (unpaired) electrons. The van der Waals surface area contributed by atoms with Crippen molar-refractivity contribution in [3.63, 3.8) is 0 Å². The molecule has 0 saturated carbocycles. The minimum atomic E-state index is 0.252. The number of piperidine rings is 1. The Morgan fingerprint density at radius 1 is 1.10 bits per heavy atom. The summed E-state index contributed by atoms with van der Waals surface area (Å²) >= 11 is 0. The SMILES string of the molecule is CCOc1cc(CNC(=NC)N2CCC(Oc3ccccc3)CC2)ccc1OC. The summed E-state index contributed by atoms with van der Waals surface area (Å²) < 4.78 is 17.1. The van der Waals surface area contributed by atoms with Gasteiger partial charge in [-0.1, -0.05) is 24.3 Å². The number of methoxy groups -OCH3 is 1. The van der Waals surface area contributed by atoms with Crippen molar-refractivity contribution in [2.75, 3.05) is 33.9 Å². The van der Waals surface area contributed by atoms with Gasteiger partial charge in [-0.3, -0.25) is 4.99 Å². The molecular formula is C23H31N3O3. The number of aliphatic imine (C=N–C) groups is 1. The van der Waals surface area contributed by atoms with E-state index >= 15 is 0 Å². The smallest absolute Gasteiger partial charge is 0.193 e. The van der Waals surface area contributed by atoms with E-state index in [0.29, 0.717) is 13.2 Å². The van der Waals surface area contributed by atoms with Gasteiger partial charge in [0.05, 0.1) is 13.7 Å². The van der Waals surface area contributed by atoms with Crippen LogP contribution in [0.1, 0.15) is 25.3 Å². The van der Waals surface area contributed by atoms with Gasteiger partial charge in [0.1, 0.15) is 11.9 Å². The van der Waals surface area contributed by atoms with E-state index in [4.69, 9.17) is 14.2 Å². The van der Waals surface area contributed by atoms with Gasteiger partial charge < -0.3 is 24.4 Å². The fourth-order valence-corrected chi connectivity index (χ4v) is 3.49. The lowest BCUT2D eigenvalue weighted by atomic mass is 10.1.